The number of pyridine rings is 1. The van der Waals surface area contributed by atoms with Gasteiger partial charge in [-0.25, -0.2) is 4.98 Å². The van der Waals surface area contributed by atoms with Gasteiger partial charge in [-0.2, -0.15) is 0 Å². The molecule has 0 spiro atoms. The fourth-order valence-electron chi connectivity index (χ4n) is 2.24. The van der Waals surface area contributed by atoms with Crippen LogP contribution in [-0.2, 0) is 4.74 Å². The molecule has 1 saturated heterocycles. The van der Waals surface area contributed by atoms with Crippen molar-refractivity contribution in [2.24, 2.45) is 0 Å². The largest absolute Gasteiger partial charge is 0.384 e. The van der Waals surface area contributed by atoms with Gasteiger partial charge in [-0.05, 0) is 25.5 Å². The van der Waals surface area contributed by atoms with Gasteiger partial charge < -0.3 is 15.0 Å². The van der Waals surface area contributed by atoms with Crippen LogP contribution in [0, 0.1) is 0 Å². The molecule has 1 fully saturated rings. The summed E-state index contributed by atoms with van der Waals surface area (Å²) in [6.07, 6.45) is 2.61. The highest BCUT2D eigenvalue weighted by molar-refractivity contribution is 5.92. The van der Waals surface area contributed by atoms with Gasteiger partial charge in [-0.3, -0.25) is 4.79 Å². The summed E-state index contributed by atoms with van der Waals surface area (Å²) in [5, 5.41) is 3.17. The normalized spacial score (nSPS) is 19.3. The number of carbonyl (C=O) groups is 1. The number of hydrogen-bond acceptors (Lipinski definition) is 4. The Kier molecular flexibility index (Phi) is 4.74. The lowest BCUT2D eigenvalue weighted by atomic mass is 10.1. The number of amides is 1. The van der Waals surface area contributed by atoms with Gasteiger partial charge in [0.25, 0.3) is 5.91 Å². The number of ether oxygens (including phenoxy) is 1. The summed E-state index contributed by atoms with van der Waals surface area (Å²) in [5.41, 5.74) is 1.44. The predicted octanol–water partition coefficient (Wildman–Crippen LogP) is 1.76. The Labute approximate surface area is 114 Å². The van der Waals surface area contributed by atoms with E-state index in [2.05, 4.69) is 17.2 Å². The van der Waals surface area contributed by atoms with Crippen molar-refractivity contribution in [3.05, 3.63) is 24.0 Å². The van der Waals surface area contributed by atoms with Crippen molar-refractivity contribution in [1.29, 1.82) is 0 Å². The minimum absolute atomic E-state index is 0.00167. The summed E-state index contributed by atoms with van der Waals surface area (Å²) >= 11 is 0. The van der Waals surface area contributed by atoms with Crippen molar-refractivity contribution in [3.63, 3.8) is 0 Å². The van der Waals surface area contributed by atoms with E-state index < -0.39 is 0 Å². The smallest absolute Gasteiger partial charge is 0.272 e. The lowest BCUT2D eigenvalue weighted by Crippen LogP contribution is -2.48. The van der Waals surface area contributed by atoms with E-state index in [1.165, 1.54) is 0 Å². The zero-order valence-electron chi connectivity index (χ0n) is 11.6. The summed E-state index contributed by atoms with van der Waals surface area (Å²) in [4.78, 5) is 18.5. The van der Waals surface area contributed by atoms with Crippen LogP contribution in [-0.4, -0.2) is 48.1 Å². The highest BCUT2D eigenvalue weighted by Gasteiger charge is 2.27. The zero-order valence-corrected chi connectivity index (χ0v) is 11.6. The van der Waals surface area contributed by atoms with Crippen molar-refractivity contribution < 1.29 is 9.53 Å². The first-order chi connectivity index (χ1) is 9.26. The summed E-state index contributed by atoms with van der Waals surface area (Å²) < 4.78 is 5.42. The van der Waals surface area contributed by atoms with Crippen LogP contribution in [0.2, 0.25) is 0 Å². The van der Waals surface area contributed by atoms with Gasteiger partial charge in [0.05, 0.1) is 31.1 Å². The second-order valence-electron chi connectivity index (χ2n) is 4.60. The van der Waals surface area contributed by atoms with E-state index in [4.69, 9.17) is 4.74 Å². The monoisotopic (exact) mass is 263 g/mol. The van der Waals surface area contributed by atoms with E-state index in [1.54, 1.807) is 12.3 Å². The zero-order chi connectivity index (χ0) is 13.7. The molecule has 0 saturated carbocycles. The second-order valence-corrected chi connectivity index (χ2v) is 4.60. The molecule has 1 amide bonds. The Morgan fingerprint density at radius 1 is 1.53 bits per heavy atom. The number of nitrogens with one attached hydrogen (secondary N) is 1. The van der Waals surface area contributed by atoms with Crippen LogP contribution >= 0.6 is 0 Å². The lowest BCUT2D eigenvalue weighted by Gasteiger charge is -2.34. The molecule has 1 aliphatic rings. The van der Waals surface area contributed by atoms with E-state index in [-0.39, 0.29) is 11.9 Å². The molecule has 1 aromatic rings. The van der Waals surface area contributed by atoms with Gasteiger partial charge in [-0.1, -0.05) is 6.92 Å². The summed E-state index contributed by atoms with van der Waals surface area (Å²) in [5.74, 6) is -0.00167. The van der Waals surface area contributed by atoms with Crippen molar-refractivity contribution >= 4 is 11.6 Å². The highest BCUT2D eigenvalue weighted by atomic mass is 16.5. The molecule has 19 heavy (non-hydrogen) atoms. The molecule has 0 radical (unpaired) electrons. The lowest BCUT2D eigenvalue weighted by molar-refractivity contribution is -0.00310. The number of morpholine rings is 1. The van der Waals surface area contributed by atoms with Gasteiger partial charge in [0.15, 0.2) is 0 Å². The Hall–Kier alpha value is -1.62. The third-order valence-corrected chi connectivity index (χ3v) is 3.32. The first-order valence-electron chi connectivity index (χ1n) is 6.84. The van der Waals surface area contributed by atoms with Crippen LogP contribution in [0.1, 0.15) is 30.8 Å². The van der Waals surface area contributed by atoms with Crippen molar-refractivity contribution in [2.45, 2.75) is 26.3 Å². The fraction of sp³-hybridized carbons (Fsp3) is 0.571. The number of rotatable bonds is 4. The number of carbonyl (C=O) groups excluding carboxylic acids is 1. The van der Waals surface area contributed by atoms with E-state index in [0.717, 1.165) is 18.7 Å². The molecular weight excluding hydrogens is 242 g/mol. The van der Waals surface area contributed by atoms with Crippen LogP contribution in [0.5, 0.6) is 0 Å². The first-order valence-corrected chi connectivity index (χ1v) is 6.84. The summed E-state index contributed by atoms with van der Waals surface area (Å²) in [7, 11) is 0. The SMILES string of the molecule is CCNc1ccc(C(=O)N2CCOCC2CC)nc1. The molecule has 2 heterocycles. The van der Waals surface area contributed by atoms with Crippen LogP contribution in [0.15, 0.2) is 18.3 Å². The average Bonchev–Trinajstić information content (AvgIpc) is 2.47. The molecule has 5 nitrogen and oxygen atoms in total. The molecule has 104 valence electrons. The third-order valence-electron chi connectivity index (χ3n) is 3.32. The molecule has 1 N–H and O–H groups in total. The Morgan fingerprint density at radius 3 is 3.00 bits per heavy atom. The van der Waals surface area contributed by atoms with E-state index in [1.807, 2.05) is 17.9 Å². The standard InChI is InChI=1S/C14H21N3O2/c1-3-12-10-19-8-7-17(12)14(18)13-6-5-11(9-16-13)15-4-2/h5-6,9,12,15H,3-4,7-8,10H2,1-2H3. The quantitative estimate of drug-likeness (QED) is 0.899. The van der Waals surface area contributed by atoms with Crippen molar-refractivity contribution in [3.8, 4) is 0 Å². The number of nitrogens with zero attached hydrogens (tertiary/aromatic N) is 2. The minimum atomic E-state index is -0.00167. The van der Waals surface area contributed by atoms with Gasteiger partial charge >= 0.3 is 0 Å². The maximum absolute atomic E-state index is 12.4. The molecular formula is C14H21N3O2. The molecule has 0 aliphatic carbocycles. The van der Waals surface area contributed by atoms with E-state index in [9.17, 15) is 4.79 Å². The molecule has 1 aromatic heterocycles. The molecule has 0 bridgehead atoms. The number of anilines is 1. The van der Waals surface area contributed by atoms with Crippen LogP contribution < -0.4 is 5.32 Å². The fourth-order valence-corrected chi connectivity index (χ4v) is 2.24. The van der Waals surface area contributed by atoms with E-state index >= 15 is 0 Å². The Bertz CT molecular complexity index is 419. The first kappa shape index (κ1) is 13.8. The molecule has 1 aliphatic heterocycles. The van der Waals surface area contributed by atoms with Gasteiger partial charge in [0.2, 0.25) is 0 Å². The predicted molar refractivity (Wildman–Crippen MR) is 74.3 cm³/mol. The van der Waals surface area contributed by atoms with Crippen molar-refractivity contribution in [1.82, 2.24) is 9.88 Å². The van der Waals surface area contributed by atoms with E-state index in [0.29, 0.717) is 25.5 Å². The van der Waals surface area contributed by atoms with Crippen LogP contribution in [0.25, 0.3) is 0 Å². The second kappa shape index (κ2) is 6.52. The molecule has 1 atom stereocenters. The summed E-state index contributed by atoms with van der Waals surface area (Å²) in [6, 6.07) is 3.84. The van der Waals surface area contributed by atoms with Crippen LogP contribution in [0.4, 0.5) is 5.69 Å². The van der Waals surface area contributed by atoms with Gasteiger partial charge in [0.1, 0.15) is 5.69 Å². The van der Waals surface area contributed by atoms with Crippen LogP contribution in [0.3, 0.4) is 0 Å². The maximum Gasteiger partial charge on any atom is 0.272 e. The molecule has 2 rings (SSSR count). The average molecular weight is 263 g/mol. The molecule has 0 aromatic carbocycles. The molecule has 1 unspecified atom stereocenters. The van der Waals surface area contributed by atoms with Crippen molar-refractivity contribution in [2.75, 3.05) is 31.6 Å². The Morgan fingerprint density at radius 2 is 2.37 bits per heavy atom. The summed E-state index contributed by atoms with van der Waals surface area (Å²) in [6.45, 7) is 6.82. The Balaban J connectivity index is 2.09. The highest BCUT2D eigenvalue weighted by Crippen LogP contribution is 2.15. The van der Waals surface area contributed by atoms with Gasteiger partial charge in [0, 0.05) is 13.1 Å². The maximum atomic E-state index is 12.4. The molecule has 5 heteroatoms. The number of aromatic nitrogens is 1. The number of hydrogen-bond donors (Lipinski definition) is 1. The minimum Gasteiger partial charge on any atom is -0.384 e. The topological polar surface area (TPSA) is 54.5 Å². The van der Waals surface area contributed by atoms with Gasteiger partial charge in [-0.15, -0.1) is 0 Å². The third kappa shape index (κ3) is 3.23.